The van der Waals surface area contributed by atoms with Crippen molar-refractivity contribution in [2.45, 2.75) is 11.8 Å². The Labute approximate surface area is 115 Å². The molecule has 0 atom stereocenters. The summed E-state index contributed by atoms with van der Waals surface area (Å²) in [6.07, 6.45) is 2.72. The van der Waals surface area contributed by atoms with Crippen LogP contribution in [0.2, 0.25) is 0 Å². The molecule has 4 nitrogen and oxygen atoms in total. The third-order valence-electron chi connectivity index (χ3n) is 2.07. The highest BCUT2D eigenvalue weighted by Crippen LogP contribution is 2.16. The molecular formula is C12H13BrO4S. The lowest BCUT2D eigenvalue weighted by molar-refractivity contribution is -0.137. The lowest BCUT2D eigenvalue weighted by Gasteiger charge is -2.01. The van der Waals surface area contributed by atoms with Gasteiger partial charge in [-0.25, -0.2) is 13.2 Å². The number of sulfone groups is 1. The summed E-state index contributed by atoms with van der Waals surface area (Å²) < 4.78 is 27.6. The summed E-state index contributed by atoms with van der Waals surface area (Å²) in [7, 11) is -3.20. The molecule has 1 aromatic carbocycles. The SMILES string of the molecule is CCOC(=O)/C(Br)=C/c1ccc(S(C)(=O)=O)cc1. The van der Waals surface area contributed by atoms with E-state index in [1.807, 2.05) is 0 Å². The van der Waals surface area contributed by atoms with Crippen LogP contribution in [-0.2, 0) is 19.4 Å². The van der Waals surface area contributed by atoms with Gasteiger partial charge in [0.1, 0.15) is 4.48 Å². The molecule has 0 fully saturated rings. The van der Waals surface area contributed by atoms with Crippen LogP contribution in [0.4, 0.5) is 0 Å². The largest absolute Gasteiger partial charge is 0.462 e. The van der Waals surface area contributed by atoms with Crippen LogP contribution in [0, 0.1) is 0 Å². The number of carbonyl (C=O) groups is 1. The Hall–Kier alpha value is -1.14. The Balaban J connectivity index is 2.93. The molecule has 0 aliphatic carbocycles. The number of halogens is 1. The summed E-state index contributed by atoms with van der Waals surface area (Å²) in [6.45, 7) is 2.02. The van der Waals surface area contributed by atoms with Gasteiger partial charge in [0.25, 0.3) is 0 Å². The van der Waals surface area contributed by atoms with Crippen LogP contribution in [-0.4, -0.2) is 27.2 Å². The molecule has 0 N–H and O–H groups in total. The Kier molecular flexibility index (Phi) is 5.10. The fourth-order valence-electron chi connectivity index (χ4n) is 1.22. The predicted octanol–water partition coefficient (Wildman–Crippen LogP) is 2.39. The van der Waals surface area contributed by atoms with Crippen molar-refractivity contribution in [3.05, 3.63) is 34.3 Å². The maximum atomic E-state index is 11.3. The number of hydrogen-bond donors (Lipinski definition) is 0. The monoisotopic (exact) mass is 332 g/mol. The van der Waals surface area contributed by atoms with Crippen LogP contribution in [0.5, 0.6) is 0 Å². The fraction of sp³-hybridized carbons (Fsp3) is 0.250. The molecule has 0 heterocycles. The van der Waals surface area contributed by atoms with Crippen molar-refractivity contribution >= 4 is 37.8 Å². The summed E-state index contributed by atoms with van der Waals surface area (Å²) >= 11 is 3.11. The molecule has 6 heteroatoms. The van der Waals surface area contributed by atoms with Crippen LogP contribution in [0.25, 0.3) is 6.08 Å². The van der Waals surface area contributed by atoms with E-state index in [0.717, 1.165) is 6.26 Å². The highest BCUT2D eigenvalue weighted by atomic mass is 79.9. The first-order valence-electron chi connectivity index (χ1n) is 5.19. The van der Waals surface area contributed by atoms with E-state index in [2.05, 4.69) is 15.9 Å². The van der Waals surface area contributed by atoms with Crippen molar-refractivity contribution < 1.29 is 17.9 Å². The molecular weight excluding hydrogens is 320 g/mol. The van der Waals surface area contributed by atoms with Gasteiger partial charge in [-0.15, -0.1) is 0 Å². The van der Waals surface area contributed by atoms with E-state index in [1.54, 1.807) is 25.1 Å². The second-order valence-electron chi connectivity index (χ2n) is 3.55. The average Bonchev–Trinajstić information content (AvgIpc) is 2.28. The number of benzene rings is 1. The predicted molar refractivity (Wildman–Crippen MR) is 73.1 cm³/mol. The quantitative estimate of drug-likeness (QED) is 0.627. The second-order valence-corrected chi connectivity index (χ2v) is 6.42. The highest BCUT2D eigenvalue weighted by molar-refractivity contribution is 9.12. The molecule has 98 valence electrons. The maximum absolute atomic E-state index is 11.3. The Morgan fingerprint density at radius 3 is 2.33 bits per heavy atom. The molecule has 0 unspecified atom stereocenters. The number of carbonyl (C=O) groups excluding carboxylic acids is 1. The van der Waals surface area contributed by atoms with E-state index in [4.69, 9.17) is 4.74 Å². The van der Waals surface area contributed by atoms with Gasteiger partial charge in [-0.1, -0.05) is 12.1 Å². The minimum Gasteiger partial charge on any atom is -0.462 e. The van der Waals surface area contributed by atoms with Crippen molar-refractivity contribution in [3.63, 3.8) is 0 Å². The third kappa shape index (κ3) is 4.27. The number of esters is 1. The Bertz CT molecular complexity index is 558. The van der Waals surface area contributed by atoms with Crippen molar-refractivity contribution in [2.24, 2.45) is 0 Å². The minimum absolute atomic E-state index is 0.243. The third-order valence-corrected chi connectivity index (χ3v) is 3.75. The molecule has 1 aromatic rings. The van der Waals surface area contributed by atoms with Gasteiger partial charge in [-0.3, -0.25) is 0 Å². The van der Waals surface area contributed by atoms with Crippen molar-refractivity contribution in [2.75, 3.05) is 12.9 Å². The van der Waals surface area contributed by atoms with E-state index in [9.17, 15) is 13.2 Å². The van der Waals surface area contributed by atoms with Crippen molar-refractivity contribution in [1.29, 1.82) is 0 Å². The zero-order valence-electron chi connectivity index (χ0n) is 10.0. The van der Waals surface area contributed by atoms with Crippen molar-refractivity contribution in [3.8, 4) is 0 Å². The van der Waals surface area contributed by atoms with Crippen LogP contribution >= 0.6 is 15.9 Å². The zero-order chi connectivity index (χ0) is 13.8. The van der Waals surface area contributed by atoms with Crippen LogP contribution < -0.4 is 0 Å². The first-order chi connectivity index (χ1) is 8.34. The van der Waals surface area contributed by atoms with Crippen LogP contribution in [0.15, 0.2) is 33.6 Å². The minimum atomic E-state index is -3.20. The molecule has 0 spiro atoms. The molecule has 0 aromatic heterocycles. The van der Waals surface area contributed by atoms with Gasteiger partial charge >= 0.3 is 5.97 Å². The molecule has 0 saturated carbocycles. The Morgan fingerprint density at radius 2 is 1.89 bits per heavy atom. The van der Waals surface area contributed by atoms with Crippen LogP contribution in [0.3, 0.4) is 0 Å². The van der Waals surface area contributed by atoms with Gasteiger partial charge in [0.2, 0.25) is 0 Å². The van der Waals surface area contributed by atoms with E-state index < -0.39 is 15.8 Å². The van der Waals surface area contributed by atoms with E-state index in [-0.39, 0.29) is 9.38 Å². The average molecular weight is 333 g/mol. The molecule has 0 aliphatic rings. The molecule has 18 heavy (non-hydrogen) atoms. The molecule has 0 bridgehead atoms. The zero-order valence-corrected chi connectivity index (χ0v) is 12.4. The van der Waals surface area contributed by atoms with Crippen molar-refractivity contribution in [1.82, 2.24) is 0 Å². The van der Waals surface area contributed by atoms with Gasteiger partial charge in [0.15, 0.2) is 9.84 Å². The smallest absolute Gasteiger partial charge is 0.345 e. The second kappa shape index (κ2) is 6.15. The summed E-state index contributed by atoms with van der Waals surface area (Å²) in [5.41, 5.74) is 0.710. The van der Waals surface area contributed by atoms with Gasteiger partial charge in [-0.2, -0.15) is 0 Å². The summed E-state index contributed by atoms with van der Waals surface area (Å²) in [4.78, 5) is 11.6. The molecule has 0 aliphatic heterocycles. The standard InChI is InChI=1S/C12H13BrO4S/c1-3-17-12(14)11(13)8-9-4-6-10(7-5-9)18(2,15)16/h4-8H,3H2,1-2H3/b11-8-. The van der Waals surface area contributed by atoms with Gasteiger partial charge in [0.05, 0.1) is 11.5 Å². The van der Waals surface area contributed by atoms with Gasteiger partial charge < -0.3 is 4.74 Å². The van der Waals surface area contributed by atoms with Gasteiger partial charge in [-0.05, 0) is 46.6 Å². The maximum Gasteiger partial charge on any atom is 0.345 e. The molecule has 1 rings (SSSR count). The topological polar surface area (TPSA) is 60.4 Å². The highest BCUT2D eigenvalue weighted by Gasteiger charge is 2.08. The molecule has 0 amide bonds. The number of ether oxygens (including phenoxy) is 1. The lowest BCUT2D eigenvalue weighted by Crippen LogP contribution is -2.03. The van der Waals surface area contributed by atoms with E-state index in [0.29, 0.717) is 12.2 Å². The number of hydrogen-bond acceptors (Lipinski definition) is 4. The summed E-state index contributed by atoms with van der Waals surface area (Å²) in [6, 6.07) is 6.23. The summed E-state index contributed by atoms with van der Waals surface area (Å²) in [5.74, 6) is -0.454. The number of rotatable bonds is 4. The van der Waals surface area contributed by atoms with Crippen LogP contribution in [0.1, 0.15) is 12.5 Å². The lowest BCUT2D eigenvalue weighted by atomic mass is 10.2. The Morgan fingerprint density at radius 1 is 1.33 bits per heavy atom. The molecule has 0 saturated heterocycles. The first kappa shape index (κ1) is 14.9. The fourth-order valence-corrected chi connectivity index (χ4v) is 2.23. The van der Waals surface area contributed by atoms with Gasteiger partial charge in [0, 0.05) is 6.26 Å². The normalized spacial score (nSPS) is 12.3. The first-order valence-corrected chi connectivity index (χ1v) is 7.87. The summed E-state index contributed by atoms with van der Waals surface area (Å²) in [5, 5.41) is 0. The van der Waals surface area contributed by atoms with E-state index >= 15 is 0 Å². The molecule has 0 radical (unpaired) electrons. The van der Waals surface area contributed by atoms with E-state index in [1.165, 1.54) is 12.1 Å².